The highest BCUT2D eigenvalue weighted by atomic mass is 16.3. The van der Waals surface area contributed by atoms with E-state index in [-0.39, 0.29) is 5.91 Å². The molecule has 0 radical (unpaired) electrons. The van der Waals surface area contributed by atoms with Crippen LogP contribution < -0.4 is 0 Å². The average molecular weight is 247 g/mol. The van der Waals surface area contributed by atoms with E-state index in [9.17, 15) is 4.79 Å². The SMILES string of the molecule is CCN(CC)C(=O)/C=C/c1ccc(C2CC2C)o1. The van der Waals surface area contributed by atoms with E-state index in [4.69, 9.17) is 4.42 Å². The standard InChI is InChI=1S/C15H21NO2/c1-4-16(5-2)15(17)9-7-12-6-8-14(18-12)13-10-11(13)3/h6-9,11,13H,4-5,10H2,1-3H3/b9-7+. The minimum atomic E-state index is 0.0396. The molecule has 3 nitrogen and oxygen atoms in total. The van der Waals surface area contributed by atoms with Gasteiger partial charge < -0.3 is 9.32 Å². The molecule has 1 aromatic rings. The first-order chi connectivity index (χ1) is 8.65. The van der Waals surface area contributed by atoms with Crippen LogP contribution in [0.3, 0.4) is 0 Å². The van der Waals surface area contributed by atoms with Crippen molar-refractivity contribution in [1.29, 1.82) is 0 Å². The van der Waals surface area contributed by atoms with Gasteiger partial charge in [0.2, 0.25) is 5.91 Å². The Bertz CT molecular complexity index is 443. The van der Waals surface area contributed by atoms with Crippen molar-refractivity contribution in [1.82, 2.24) is 4.90 Å². The number of carbonyl (C=O) groups excluding carboxylic acids is 1. The van der Waals surface area contributed by atoms with Crippen LogP contribution in [0.1, 0.15) is 44.6 Å². The predicted octanol–water partition coefficient (Wildman–Crippen LogP) is 3.28. The quantitative estimate of drug-likeness (QED) is 0.748. The fourth-order valence-corrected chi connectivity index (χ4v) is 2.17. The Balaban J connectivity index is 1.96. The number of rotatable bonds is 5. The number of hydrogen-bond donors (Lipinski definition) is 0. The molecule has 18 heavy (non-hydrogen) atoms. The lowest BCUT2D eigenvalue weighted by Gasteiger charge is -2.15. The molecule has 2 unspecified atom stereocenters. The second-order valence-corrected chi connectivity index (χ2v) is 4.90. The highest BCUT2D eigenvalue weighted by Gasteiger charge is 2.36. The van der Waals surface area contributed by atoms with E-state index in [2.05, 4.69) is 6.92 Å². The summed E-state index contributed by atoms with van der Waals surface area (Å²) in [7, 11) is 0. The van der Waals surface area contributed by atoms with Gasteiger partial charge in [-0.05, 0) is 44.4 Å². The molecule has 1 saturated carbocycles. The molecule has 1 aliphatic carbocycles. The van der Waals surface area contributed by atoms with Gasteiger partial charge in [-0.3, -0.25) is 4.79 Å². The Morgan fingerprint density at radius 3 is 2.67 bits per heavy atom. The molecule has 0 spiro atoms. The number of hydrogen-bond acceptors (Lipinski definition) is 2. The summed E-state index contributed by atoms with van der Waals surface area (Å²) in [6, 6.07) is 3.96. The summed E-state index contributed by atoms with van der Waals surface area (Å²) < 4.78 is 5.72. The monoisotopic (exact) mass is 247 g/mol. The van der Waals surface area contributed by atoms with Crippen LogP contribution in [-0.2, 0) is 4.79 Å². The minimum absolute atomic E-state index is 0.0396. The number of nitrogens with zero attached hydrogens (tertiary/aromatic N) is 1. The Hall–Kier alpha value is -1.51. The first-order valence-electron chi connectivity index (χ1n) is 6.72. The van der Waals surface area contributed by atoms with E-state index < -0.39 is 0 Å². The van der Waals surface area contributed by atoms with Crippen LogP contribution in [0.4, 0.5) is 0 Å². The molecule has 2 atom stereocenters. The Morgan fingerprint density at radius 1 is 1.44 bits per heavy atom. The Labute approximate surface area is 108 Å². The van der Waals surface area contributed by atoms with Crippen molar-refractivity contribution in [3.63, 3.8) is 0 Å². The van der Waals surface area contributed by atoms with Gasteiger partial charge >= 0.3 is 0 Å². The lowest BCUT2D eigenvalue weighted by atomic mass is 10.3. The van der Waals surface area contributed by atoms with E-state index in [1.165, 1.54) is 6.42 Å². The second-order valence-electron chi connectivity index (χ2n) is 4.90. The van der Waals surface area contributed by atoms with Gasteiger partial charge in [0, 0.05) is 25.1 Å². The Morgan fingerprint density at radius 2 is 2.11 bits per heavy atom. The predicted molar refractivity (Wildman–Crippen MR) is 72.2 cm³/mol. The maximum Gasteiger partial charge on any atom is 0.246 e. The van der Waals surface area contributed by atoms with Crippen LogP contribution >= 0.6 is 0 Å². The van der Waals surface area contributed by atoms with Crippen molar-refractivity contribution >= 4 is 12.0 Å². The number of furan rings is 1. The van der Waals surface area contributed by atoms with E-state index >= 15 is 0 Å². The third-order valence-electron chi connectivity index (χ3n) is 3.59. The lowest BCUT2D eigenvalue weighted by molar-refractivity contribution is -0.125. The Kier molecular flexibility index (Phi) is 3.90. The van der Waals surface area contributed by atoms with Crippen molar-refractivity contribution in [3.05, 3.63) is 29.7 Å². The molecule has 1 aromatic heterocycles. The minimum Gasteiger partial charge on any atom is -0.461 e. The zero-order valence-corrected chi connectivity index (χ0v) is 11.3. The van der Waals surface area contributed by atoms with Gasteiger partial charge in [-0.1, -0.05) is 6.92 Å². The topological polar surface area (TPSA) is 33.5 Å². The molecule has 3 heteroatoms. The third kappa shape index (κ3) is 2.84. The largest absolute Gasteiger partial charge is 0.461 e. The van der Waals surface area contributed by atoms with Crippen molar-refractivity contribution in [2.45, 2.75) is 33.1 Å². The molecule has 1 amide bonds. The maximum atomic E-state index is 11.8. The molecular formula is C15H21NO2. The summed E-state index contributed by atoms with van der Waals surface area (Å²) in [6.07, 6.45) is 4.57. The van der Waals surface area contributed by atoms with Gasteiger partial charge in [0.15, 0.2) is 0 Å². The molecule has 1 aliphatic rings. The lowest BCUT2D eigenvalue weighted by Crippen LogP contribution is -2.28. The summed E-state index contributed by atoms with van der Waals surface area (Å²) >= 11 is 0. The van der Waals surface area contributed by atoms with Crippen molar-refractivity contribution in [3.8, 4) is 0 Å². The van der Waals surface area contributed by atoms with E-state index in [1.54, 1.807) is 17.1 Å². The van der Waals surface area contributed by atoms with Crippen LogP contribution in [0.25, 0.3) is 6.08 Å². The zero-order valence-electron chi connectivity index (χ0n) is 11.3. The van der Waals surface area contributed by atoms with Gasteiger partial charge in [0.25, 0.3) is 0 Å². The first kappa shape index (κ1) is 12.9. The molecule has 1 fully saturated rings. The van der Waals surface area contributed by atoms with Crippen molar-refractivity contribution in [2.75, 3.05) is 13.1 Å². The zero-order chi connectivity index (χ0) is 13.1. The molecule has 98 valence electrons. The summed E-state index contributed by atoms with van der Waals surface area (Å²) in [5.41, 5.74) is 0. The molecule has 2 rings (SSSR count). The number of likely N-dealkylation sites (N-methyl/N-ethyl adjacent to an activating group) is 1. The molecule has 0 aromatic carbocycles. The molecule has 0 aliphatic heterocycles. The van der Waals surface area contributed by atoms with Gasteiger partial charge in [-0.2, -0.15) is 0 Å². The van der Waals surface area contributed by atoms with Crippen LogP contribution in [0.2, 0.25) is 0 Å². The van der Waals surface area contributed by atoms with Gasteiger partial charge in [0.1, 0.15) is 11.5 Å². The van der Waals surface area contributed by atoms with Gasteiger partial charge in [-0.15, -0.1) is 0 Å². The summed E-state index contributed by atoms with van der Waals surface area (Å²) in [4.78, 5) is 13.6. The molecular weight excluding hydrogens is 226 g/mol. The smallest absolute Gasteiger partial charge is 0.246 e. The summed E-state index contributed by atoms with van der Waals surface area (Å²) in [5, 5.41) is 0. The second kappa shape index (κ2) is 5.42. The van der Waals surface area contributed by atoms with E-state index in [1.807, 2.05) is 26.0 Å². The molecule has 0 saturated heterocycles. The highest BCUT2D eigenvalue weighted by Crippen LogP contribution is 2.47. The normalized spacial score (nSPS) is 22.4. The van der Waals surface area contributed by atoms with Crippen LogP contribution in [0, 0.1) is 5.92 Å². The van der Waals surface area contributed by atoms with E-state index in [0.717, 1.165) is 30.5 Å². The fourth-order valence-electron chi connectivity index (χ4n) is 2.17. The number of carbonyl (C=O) groups is 1. The first-order valence-corrected chi connectivity index (χ1v) is 6.72. The number of amides is 1. The van der Waals surface area contributed by atoms with Crippen LogP contribution in [0.15, 0.2) is 22.6 Å². The summed E-state index contributed by atoms with van der Waals surface area (Å²) in [5.74, 6) is 3.19. The van der Waals surface area contributed by atoms with Crippen molar-refractivity contribution in [2.24, 2.45) is 5.92 Å². The molecule has 0 bridgehead atoms. The molecule has 1 heterocycles. The third-order valence-corrected chi connectivity index (χ3v) is 3.59. The van der Waals surface area contributed by atoms with Crippen molar-refractivity contribution < 1.29 is 9.21 Å². The van der Waals surface area contributed by atoms with Gasteiger partial charge in [0.05, 0.1) is 0 Å². The average Bonchev–Trinajstić information content (AvgIpc) is 2.92. The van der Waals surface area contributed by atoms with Gasteiger partial charge in [-0.25, -0.2) is 0 Å². The maximum absolute atomic E-state index is 11.8. The van der Waals surface area contributed by atoms with Crippen LogP contribution in [0.5, 0.6) is 0 Å². The van der Waals surface area contributed by atoms with Crippen LogP contribution in [-0.4, -0.2) is 23.9 Å². The summed E-state index contributed by atoms with van der Waals surface area (Å²) in [6.45, 7) is 7.67. The highest BCUT2D eigenvalue weighted by molar-refractivity contribution is 5.91. The fraction of sp³-hybridized carbons (Fsp3) is 0.533. The molecule has 0 N–H and O–H groups in total. The van der Waals surface area contributed by atoms with E-state index in [0.29, 0.717) is 5.92 Å².